The van der Waals surface area contributed by atoms with E-state index < -0.39 is 0 Å². The summed E-state index contributed by atoms with van der Waals surface area (Å²) in [4.78, 5) is 44.2. The summed E-state index contributed by atoms with van der Waals surface area (Å²) in [5.41, 5.74) is 7.42. The first-order chi connectivity index (χ1) is 23.4. The number of aromatic amines is 2. The summed E-state index contributed by atoms with van der Waals surface area (Å²) in [7, 11) is 0. The fraction of sp³-hybridized carbons (Fsp3) is 0.200. The number of imidazole rings is 2. The number of carbonyl (C=O) groups is 2. The Labute approximate surface area is 280 Å². The van der Waals surface area contributed by atoms with Gasteiger partial charge in [-0.2, -0.15) is 0 Å². The van der Waals surface area contributed by atoms with E-state index in [9.17, 15) is 9.59 Å². The number of H-pyrrole nitrogens is 2. The summed E-state index contributed by atoms with van der Waals surface area (Å²) in [5.74, 6) is 1.63. The van der Waals surface area contributed by atoms with Gasteiger partial charge in [0.1, 0.15) is 11.6 Å². The maximum absolute atomic E-state index is 13.2. The third kappa shape index (κ3) is 6.42. The Morgan fingerprint density at radius 1 is 0.708 bits per heavy atom. The van der Waals surface area contributed by atoms with Gasteiger partial charge in [0.05, 0.1) is 35.9 Å². The van der Waals surface area contributed by atoms with E-state index in [4.69, 9.17) is 4.98 Å². The molecular weight excluding hydrogens is 596 g/mol. The van der Waals surface area contributed by atoms with Gasteiger partial charge in [-0.25, -0.2) is 9.97 Å². The molecule has 2 unspecified atom stereocenters. The average Bonchev–Trinajstić information content (AvgIpc) is 3.93. The zero-order valence-electron chi connectivity index (χ0n) is 27.1. The standard InChI is InChI=1S/C40H38N6O2/c1-26(2)36(45-39(47)31-10-5-3-6-11-31)38-42-25-34(44-38)30-21-17-28(18-22-30)27-15-19-29(20-16-27)33-24-41-37(43-33)35-14-9-23-46(35)40(48)32-12-7-4-8-13-32/h3-8,10-13,15-22,24-26,35-36H,9,14,23H2,1-2H3,(H,41,43)(H,42,44)(H,45,47). The number of aromatic nitrogens is 4. The Hall–Kier alpha value is -5.76. The van der Waals surface area contributed by atoms with Crippen LogP contribution in [0.25, 0.3) is 33.6 Å². The first kappa shape index (κ1) is 30.9. The number of benzene rings is 4. The second-order valence-corrected chi connectivity index (χ2v) is 12.6. The quantitative estimate of drug-likeness (QED) is 0.149. The highest BCUT2D eigenvalue weighted by Crippen LogP contribution is 2.33. The number of rotatable bonds is 9. The molecule has 1 aliphatic rings. The minimum absolute atomic E-state index is 0.0477. The Morgan fingerprint density at radius 2 is 1.25 bits per heavy atom. The largest absolute Gasteiger partial charge is 0.342 e. The summed E-state index contributed by atoms with van der Waals surface area (Å²) in [6.45, 7) is 4.87. The van der Waals surface area contributed by atoms with E-state index in [1.807, 2.05) is 78.0 Å². The van der Waals surface area contributed by atoms with Gasteiger partial charge in [-0.05, 0) is 65.3 Å². The van der Waals surface area contributed by atoms with Gasteiger partial charge in [-0.1, -0.05) is 98.8 Å². The summed E-state index contributed by atoms with van der Waals surface area (Å²) in [5, 5.41) is 3.13. The average molecular weight is 635 g/mol. The summed E-state index contributed by atoms with van der Waals surface area (Å²) in [6, 6.07) is 35.2. The molecule has 0 aliphatic carbocycles. The smallest absolute Gasteiger partial charge is 0.254 e. The minimum atomic E-state index is -0.246. The lowest BCUT2D eigenvalue weighted by atomic mass is 10.0. The fourth-order valence-corrected chi connectivity index (χ4v) is 6.38. The lowest BCUT2D eigenvalue weighted by molar-refractivity contribution is 0.0730. The van der Waals surface area contributed by atoms with Crippen molar-refractivity contribution in [1.82, 2.24) is 30.2 Å². The van der Waals surface area contributed by atoms with Gasteiger partial charge in [-0.15, -0.1) is 0 Å². The SMILES string of the molecule is CC(C)C(NC(=O)c1ccccc1)c1ncc(-c2ccc(-c3ccc(-c4cnc(C5CCCN5C(=O)c5ccccc5)[nH]4)cc3)cc2)[nH]1. The van der Waals surface area contributed by atoms with Crippen molar-refractivity contribution in [2.75, 3.05) is 6.54 Å². The van der Waals surface area contributed by atoms with E-state index in [0.29, 0.717) is 11.1 Å². The van der Waals surface area contributed by atoms with E-state index in [1.54, 1.807) is 0 Å². The molecule has 240 valence electrons. The first-order valence-corrected chi connectivity index (χ1v) is 16.5. The molecule has 7 rings (SSSR count). The predicted octanol–water partition coefficient (Wildman–Crippen LogP) is 8.24. The number of nitrogens with one attached hydrogen (secondary N) is 3. The zero-order chi connectivity index (χ0) is 33.0. The van der Waals surface area contributed by atoms with E-state index in [-0.39, 0.29) is 29.8 Å². The Morgan fingerprint density at radius 3 is 1.85 bits per heavy atom. The molecule has 0 bridgehead atoms. The molecule has 2 amide bonds. The van der Waals surface area contributed by atoms with Crippen molar-refractivity contribution in [3.05, 3.63) is 144 Å². The van der Waals surface area contributed by atoms with Crippen molar-refractivity contribution >= 4 is 11.8 Å². The molecule has 1 fully saturated rings. The molecule has 1 aliphatic heterocycles. The molecule has 0 saturated carbocycles. The van der Waals surface area contributed by atoms with Crippen LogP contribution in [-0.4, -0.2) is 43.2 Å². The van der Waals surface area contributed by atoms with Crippen LogP contribution in [0.5, 0.6) is 0 Å². The van der Waals surface area contributed by atoms with E-state index in [0.717, 1.165) is 64.7 Å². The van der Waals surface area contributed by atoms with Crippen LogP contribution in [0.4, 0.5) is 0 Å². The normalized spacial score (nSPS) is 15.1. The summed E-state index contributed by atoms with van der Waals surface area (Å²) < 4.78 is 0. The van der Waals surface area contributed by atoms with E-state index in [1.165, 1.54) is 0 Å². The Kier molecular flexibility index (Phi) is 8.71. The summed E-state index contributed by atoms with van der Waals surface area (Å²) in [6.07, 6.45) is 5.53. The van der Waals surface area contributed by atoms with Gasteiger partial charge in [-0.3, -0.25) is 9.59 Å². The molecule has 48 heavy (non-hydrogen) atoms. The number of hydrogen-bond donors (Lipinski definition) is 3. The van der Waals surface area contributed by atoms with Crippen LogP contribution in [0.3, 0.4) is 0 Å². The van der Waals surface area contributed by atoms with Crippen LogP contribution in [-0.2, 0) is 0 Å². The van der Waals surface area contributed by atoms with E-state index in [2.05, 4.69) is 82.6 Å². The molecule has 8 nitrogen and oxygen atoms in total. The molecule has 4 aromatic carbocycles. The first-order valence-electron chi connectivity index (χ1n) is 16.5. The number of amides is 2. The molecule has 0 radical (unpaired) electrons. The zero-order valence-corrected chi connectivity index (χ0v) is 27.1. The third-order valence-electron chi connectivity index (χ3n) is 9.05. The molecule has 2 aromatic heterocycles. The third-order valence-corrected chi connectivity index (χ3v) is 9.05. The van der Waals surface area contributed by atoms with Crippen LogP contribution >= 0.6 is 0 Å². The monoisotopic (exact) mass is 634 g/mol. The van der Waals surface area contributed by atoms with Crippen molar-refractivity contribution in [3.63, 3.8) is 0 Å². The maximum Gasteiger partial charge on any atom is 0.254 e. The number of hydrogen-bond acceptors (Lipinski definition) is 4. The molecule has 3 heterocycles. The molecule has 2 atom stereocenters. The van der Waals surface area contributed by atoms with Crippen molar-refractivity contribution in [3.8, 4) is 33.6 Å². The second kappa shape index (κ2) is 13.5. The predicted molar refractivity (Wildman–Crippen MR) is 188 cm³/mol. The maximum atomic E-state index is 13.2. The van der Waals surface area contributed by atoms with Crippen molar-refractivity contribution in [2.45, 2.75) is 38.8 Å². The molecule has 8 heteroatoms. The highest BCUT2D eigenvalue weighted by molar-refractivity contribution is 5.95. The molecular formula is C40H38N6O2. The van der Waals surface area contributed by atoms with Gasteiger partial charge >= 0.3 is 0 Å². The van der Waals surface area contributed by atoms with Crippen LogP contribution < -0.4 is 5.32 Å². The number of nitrogens with zero attached hydrogens (tertiary/aromatic N) is 3. The second-order valence-electron chi connectivity index (χ2n) is 12.6. The Bertz CT molecular complexity index is 1910. The van der Waals surface area contributed by atoms with Crippen molar-refractivity contribution in [2.24, 2.45) is 5.92 Å². The lowest BCUT2D eigenvalue weighted by Crippen LogP contribution is -2.32. The molecule has 3 N–H and O–H groups in total. The van der Waals surface area contributed by atoms with Crippen LogP contribution in [0.1, 0.15) is 71.1 Å². The highest BCUT2D eigenvalue weighted by Gasteiger charge is 2.32. The highest BCUT2D eigenvalue weighted by atomic mass is 16.2. The Balaban J connectivity index is 1.02. The fourth-order valence-electron chi connectivity index (χ4n) is 6.38. The topological polar surface area (TPSA) is 107 Å². The molecule has 0 spiro atoms. The summed E-state index contributed by atoms with van der Waals surface area (Å²) >= 11 is 0. The molecule has 6 aromatic rings. The van der Waals surface area contributed by atoms with Crippen LogP contribution in [0, 0.1) is 5.92 Å². The van der Waals surface area contributed by atoms with Gasteiger partial charge in [0.15, 0.2) is 0 Å². The van der Waals surface area contributed by atoms with Gasteiger partial charge < -0.3 is 20.2 Å². The lowest BCUT2D eigenvalue weighted by Gasteiger charge is -2.23. The van der Waals surface area contributed by atoms with Gasteiger partial charge in [0.25, 0.3) is 11.8 Å². The van der Waals surface area contributed by atoms with E-state index >= 15 is 0 Å². The van der Waals surface area contributed by atoms with Gasteiger partial charge in [0, 0.05) is 17.7 Å². The van der Waals surface area contributed by atoms with Crippen molar-refractivity contribution < 1.29 is 9.59 Å². The number of likely N-dealkylation sites (tertiary alicyclic amines) is 1. The van der Waals surface area contributed by atoms with Crippen LogP contribution in [0.15, 0.2) is 122 Å². The van der Waals surface area contributed by atoms with Gasteiger partial charge in [0.2, 0.25) is 0 Å². The minimum Gasteiger partial charge on any atom is -0.342 e. The van der Waals surface area contributed by atoms with Crippen LogP contribution in [0.2, 0.25) is 0 Å². The number of carbonyl (C=O) groups excluding carboxylic acids is 2. The van der Waals surface area contributed by atoms with Crippen molar-refractivity contribution in [1.29, 1.82) is 0 Å². The molecule has 1 saturated heterocycles.